The number of carbonyl (C=O) groups excluding carboxylic acids is 1. The fraction of sp³-hybridized carbons (Fsp3) is 0.130. The fourth-order valence-electron chi connectivity index (χ4n) is 2.55. The monoisotopic (exact) mass is 406 g/mol. The molecule has 1 N–H and O–H groups in total. The van der Waals surface area contributed by atoms with E-state index in [2.05, 4.69) is 17.8 Å². The Morgan fingerprint density at radius 3 is 2.66 bits per heavy atom. The van der Waals surface area contributed by atoms with Gasteiger partial charge in [0.25, 0.3) is 5.91 Å². The molecule has 0 aliphatic rings. The van der Waals surface area contributed by atoms with Crippen molar-refractivity contribution in [2.24, 2.45) is 0 Å². The number of halogens is 1. The number of terminal acetylenes is 1. The maximum Gasteiger partial charge on any atom is 0.266 e. The number of hydrogen-bond acceptors (Lipinski definition) is 4. The van der Waals surface area contributed by atoms with E-state index in [1.54, 1.807) is 42.5 Å². The average Bonchev–Trinajstić information content (AvgIpc) is 2.72. The van der Waals surface area contributed by atoms with E-state index in [9.17, 15) is 10.1 Å². The van der Waals surface area contributed by atoms with Gasteiger partial charge in [-0.25, -0.2) is 0 Å². The number of ether oxygens (including phenoxy) is 2. The van der Waals surface area contributed by atoms with Gasteiger partial charge >= 0.3 is 0 Å². The van der Waals surface area contributed by atoms with Crippen LogP contribution >= 0.6 is 11.6 Å². The van der Waals surface area contributed by atoms with Crippen LogP contribution in [0.4, 0.5) is 5.69 Å². The summed E-state index contributed by atoms with van der Waals surface area (Å²) >= 11 is 5.84. The van der Waals surface area contributed by atoms with E-state index in [1.165, 1.54) is 13.2 Å². The number of anilines is 1. The molecule has 29 heavy (non-hydrogen) atoms. The van der Waals surface area contributed by atoms with Crippen LogP contribution in [0.15, 0.2) is 54.6 Å². The molecule has 2 aromatic rings. The normalized spacial score (nSPS) is 10.4. The molecule has 0 atom stereocenters. The lowest BCUT2D eigenvalue weighted by Crippen LogP contribution is -2.13. The smallest absolute Gasteiger partial charge is 0.266 e. The number of rotatable bonds is 8. The van der Waals surface area contributed by atoms with Gasteiger partial charge in [0.05, 0.1) is 7.11 Å². The summed E-state index contributed by atoms with van der Waals surface area (Å²) < 4.78 is 11.0. The number of benzene rings is 2. The summed E-state index contributed by atoms with van der Waals surface area (Å²) in [4.78, 5) is 12.5. The number of hydrogen-bond donors (Lipinski definition) is 1. The second-order valence-corrected chi connectivity index (χ2v) is 6.26. The summed E-state index contributed by atoms with van der Waals surface area (Å²) in [6.07, 6.45) is 8.96. The first-order valence-electron chi connectivity index (χ1n) is 8.59. The van der Waals surface area contributed by atoms with Gasteiger partial charge in [0, 0.05) is 16.3 Å². The third-order valence-corrected chi connectivity index (χ3v) is 4.07. The summed E-state index contributed by atoms with van der Waals surface area (Å²) in [6.45, 7) is 3.83. The first-order valence-corrected chi connectivity index (χ1v) is 8.97. The molecule has 0 spiro atoms. The molecule has 0 fully saturated rings. The van der Waals surface area contributed by atoms with Gasteiger partial charge in [-0.2, -0.15) is 5.26 Å². The van der Waals surface area contributed by atoms with E-state index in [1.807, 2.05) is 6.07 Å². The van der Waals surface area contributed by atoms with Gasteiger partial charge < -0.3 is 14.8 Å². The van der Waals surface area contributed by atoms with Crippen molar-refractivity contribution in [3.8, 4) is 29.9 Å². The Hall–Kier alpha value is -3.67. The first-order chi connectivity index (χ1) is 14.0. The van der Waals surface area contributed by atoms with Gasteiger partial charge in [-0.15, -0.1) is 13.0 Å². The van der Waals surface area contributed by atoms with E-state index >= 15 is 0 Å². The number of nitrogens with zero attached hydrogens (tertiary/aromatic N) is 1. The third-order valence-electron chi connectivity index (χ3n) is 3.82. The minimum Gasteiger partial charge on any atom is -0.493 e. The van der Waals surface area contributed by atoms with Crippen molar-refractivity contribution < 1.29 is 14.3 Å². The van der Waals surface area contributed by atoms with Gasteiger partial charge in [-0.3, -0.25) is 4.79 Å². The highest BCUT2D eigenvalue weighted by atomic mass is 35.5. The van der Waals surface area contributed by atoms with E-state index < -0.39 is 5.91 Å². The maximum atomic E-state index is 12.5. The Kier molecular flexibility index (Phi) is 7.91. The SMILES string of the molecule is C#CCOc1c(CC=C)cc(/C=C(\C#N)C(=O)Nc2ccc(Cl)cc2)cc1OC. The van der Waals surface area contributed by atoms with Crippen molar-refractivity contribution in [1.29, 1.82) is 5.26 Å². The molecule has 0 bridgehead atoms. The molecule has 0 aliphatic heterocycles. The predicted octanol–water partition coefficient (Wildman–Crippen LogP) is 4.63. The topological polar surface area (TPSA) is 71.3 Å². The van der Waals surface area contributed by atoms with Gasteiger partial charge in [-0.1, -0.05) is 23.6 Å². The molecule has 0 saturated heterocycles. The van der Waals surface area contributed by atoms with Crippen LogP contribution in [0.3, 0.4) is 0 Å². The third kappa shape index (κ3) is 5.90. The Bertz CT molecular complexity index is 1010. The molecule has 146 valence electrons. The molecule has 6 heteroatoms. The first kappa shape index (κ1) is 21.6. The van der Waals surface area contributed by atoms with Crippen LogP contribution in [0.2, 0.25) is 5.02 Å². The number of amides is 1. The van der Waals surface area contributed by atoms with Crippen LogP contribution in [0.5, 0.6) is 11.5 Å². The van der Waals surface area contributed by atoms with Crippen LogP contribution in [-0.2, 0) is 11.2 Å². The van der Waals surface area contributed by atoms with E-state index in [4.69, 9.17) is 27.5 Å². The Labute approximate surface area is 175 Å². The van der Waals surface area contributed by atoms with Gasteiger partial charge in [0.15, 0.2) is 11.5 Å². The quantitative estimate of drug-likeness (QED) is 0.300. The lowest BCUT2D eigenvalue weighted by molar-refractivity contribution is -0.112. The minimum absolute atomic E-state index is 0.0659. The molecule has 0 saturated carbocycles. The van der Waals surface area contributed by atoms with E-state index in [0.717, 1.165) is 5.56 Å². The van der Waals surface area contributed by atoms with Crippen molar-refractivity contribution >= 4 is 29.3 Å². The second kappa shape index (κ2) is 10.6. The molecule has 0 heterocycles. The summed E-state index contributed by atoms with van der Waals surface area (Å²) in [6, 6.07) is 12.0. The highest BCUT2D eigenvalue weighted by Gasteiger charge is 2.14. The zero-order valence-electron chi connectivity index (χ0n) is 15.9. The van der Waals surface area contributed by atoms with Crippen LogP contribution in [0, 0.1) is 23.7 Å². The molecule has 0 aromatic heterocycles. The van der Waals surface area contributed by atoms with E-state index in [-0.39, 0.29) is 12.2 Å². The zero-order chi connectivity index (χ0) is 21.2. The fourth-order valence-corrected chi connectivity index (χ4v) is 2.68. The molecule has 0 unspecified atom stereocenters. The van der Waals surface area contributed by atoms with Crippen molar-refractivity contribution in [2.75, 3.05) is 19.0 Å². The largest absolute Gasteiger partial charge is 0.493 e. The summed E-state index contributed by atoms with van der Waals surface area (Å²) in [5.41, 5.74) is 1.85. The molecular weight excluding hydrogens is 388 g/mol. The average molecular weight is 407 g/mol. The zero-order valence-corrected chi connectivity index (χ0v) is 16.6. The molecule has 1 amide bonds. The van der Waals surface area contributed by atoms with Crippen LogP contribution in [0.25, 0.3) is 6.08 Å². The van der Waals surface area contributed by atoms with Gasteiger partial charge in [-0.05, 0) is 54.5 Å². The highest BCUT2D eigenvalue weighted by molar-refractivity contribution is 6.30. The lowest BCUT2D eigenvalue weighted by atomic mass is 10.0. The lowest BCUT2D eigenvalue weighted by Gasteiger charge is -2.14. The Morgan fingerprint density at radius 1 is 1.34 bits per heavy atom. The summed E-state index contributed by atoms with van der Waals surface area (Å²) in [7, 11) is 1.50. The van der Waals surface area contributed by atoms with Crippen molar-refractivity contribution in [1.82, 2.24) is 0 Å². The molecule has 0 radical (unpaired) electrons. The van der Waals surface area contributed by atoms with Crippen LogP contribution < -0.4 is 14.8 Å². The Balaban J connectivity index is 2.38. The van der Waals surface area contributed by atoms with Crippen LogP contribution in [-0.4, -0.2) is 19.6 Å². The van der Waals surface area contributed by atoms with Gasteiger partial charge in [0.2, 0.25) is 0 Å². The molecular formula is C23H19ClN2O3. The second-order valence-electron chi connectivity index (χ2n) is 5.83. The molecule has 5 nitrogen and oxygen atoms in total. The maximum absolute atomic E-state index is 12.5. The number of nitrogens with one attached hydrogen (secondary N) is 1. The number of allylic oxidation sites excluding steroid dienone is 1. The number of carbonyl (C=O) groups is 1. The summed E-state index contributed by atoms with van der Waals surface area (Å²) in [5.74, 6) is 2.83. The van der Waals surface area contributed by atoms with Crippen LogP contribution in [0.1, 0.15) is 11.1 Å². The van der Waals surface area contributed by atoms with Crippen molar-refractivity contribution in [2.45, 2.75) is 6.42 Å². The number of methoxy groups -OCH3 is 1. The standard InChI is InChI=1S/C23H19ClN2O3/c1-4-6-17-12-16(14-21(28-3)22(17)29-11-5-2)13-18(15-25)23(27)26-20-9-7-19(24)8-10-20/h2,4,7-10,12-14H,1,6,11H2,3H3,(H,26,27)/b18-13+. The van der Waals surface area contributed by atoms with Crippen molar-refractivity contribution in [3.05, 3.63) is 70.8 Å². The predicted molar refractivity (Wildman–Crippen MR) is 115 cm³/mol. The molecule has 2 aromatic carbocycles. The minimum atomic E-state index is -0.535. The Morgan fingerprint density at radius 2 is 2.07 bits per heavy atom. The highest BCUT2D eigenvalue weighted by Crippen LogP contribution is 2.34. The van der Waals surface area contributed by atoms with E-state index in [0.29, 0.717) is 34.2 Å². The molecule has 0 aliphatic carbocycles. The van der Waals surface area contributed by atoms with Crippen molar-refractivity contribution in [3.63, 3.8) is 0 Å². The van der Waals surface area contributed by atoms with Gasteiger partial charge in [0.1, 0.15) is 18.2 Å². The summed E-state index contributed by atoms with van der Waals surface area (Å²) in [5, 5.41) is 12.7. The number of nitriles is 1. The molecule has 2 rings (SSSR count).